The molecular weight excluding hydrogens is 330 g/mol. The van der Waals surface area contributed by atoms with E-state index in [1.807, 2.05) is 11.0 Å². The van der Waals surface area contributed by atoms with Crippen molar-refractivity contribution in [3.63, 3.8) is 0 Å². The van der Waals surface area contributed by atoms with Crippen LogP contribution in [0.4, 0.5) is 10.5 Å². The molecule has 1 aliphatic rings. The van der Waals surface area contributed by atoms with Gasteiger partial charge in [-0.1, -0.05) is 13.8 Å². The van der Waals surface area contributed by atoms with Crippen LogP contribution in [0, 0.1) is 12.8 Å². The van der Waals surface area contributed by atoms with Crippen LogP contribution in [0.5, 0.6) is 11.5 Å². The number of carbonyl (C=O) groups is 1. The molecule has 2 aromatic rings. The van der Waals surface area contributed by atoms with E-state index in [4.69, 9.17) is 9.47 Å². The van der Waals surface area contributed by atoms with Gasteiger partial charge in [-0.3, -0.25) is 0 Å². The molecule has 0 spiro atoms. The molecule has 0 fully saturated rings. The normalized spacial score (nSPS) is 16.4. The van der Waals surface area contributed by atoms with Gasteiger partial charge in [-0.25, -0.2) is 4.79 Å². The first-order valence-electron chi connectivity index (χ1n) is 8.92. The Kier molecular flexibility index (Phi) is 5.11. The fourth-order valence-corrected chi connectivity index (χ4v) is 3.70. The van der Waals surface area contributed by atoms with Crippen molar-refractivity contribution in [1.29, 1.82) is 0 Å². The van der Waals surface area contributed by atoms with Gasteiger partial charge in [-0.15, -0.1) is 0 Å². The van der Waals surface area contributed by atoms with Crippen LogP contribution in [-0.4, -0.2) is 36.3 Å². The lowest BCUT2D eigenvalue weighted by Crippen LogP contribution is -2.46. The Morgan fingerprint density at radius 3 is 2.50 bits per heavy atom. The van der Waals surface area contributed by atoms with Crippen LogP contribution in [-0.2, 0) is 6.54 Å². The van der Waals surface area contributed by atoms with Gasteiger partial charge in [0.25, 0.3) is 0 Å². The molecule has 6 heteroatoms. The average Bonchev–Trinajstić information content (AvgIpc) is 3.01. The van der Waals surface area contributed by atoms with E-state index in [9.17, 15) is 4.79 Å². The number of hydrogen-bond acceptors (Lipinski definition) is 3. The Labute approximate surface area is 154 Å². The molecule has 1 N–H and O–H groups in total. The lowest BCUT2D eigenvalue weighted by atomic mass is 9.97. The van der Waals surface area contributed by atoms with Crippen LogP contribution in [0.3, 0.4) is 0 Å². The lowest BCUT2D eigenvalue weighted by Gasteiger charge is -2.39. The quantitative estimate of drug-likeness (QED) is 0.898. The van der Waals surface area contributed by atoms with Gasteiger partial charge < -0.3 is 24.3 Å². The largest absolute Gasteiger partial charge is 0.493 e. The third-order valence-corrected chi connectivity index (χ3v) is 4.96. The second-order valence-electron chi connectivity index (χ2n) is 6.93. The number of methoxy groups -OCH3 is 2. The van der Waals surface area contributed by atoms with E-state index in [0.717, 1.165) is 6.54 Å². The lowest BCUT2D eigenvalue weighted by molar-refractivity contribution is 0.143. The minimum Gasteiger partial charge on any atom is -0.493 e. The van der Waals surface area contributed by atoms with Gasteiger partial charge in [0.15, 0.2) is 11.5 Å². The van der Waals surface area contributed by atoms with Crippen LogP contribution in [0.1, 0.15) is 31.3 Å². The molecule has 2 heterocycles. The van der Waals surface area contributed by atoms with Gasteiger partial charge in [-0.2, -0.15) is 0 Å². The van der Waals surface area contributed by atoms with Crippen LogP contribution in [0.15, 0.2) is 30.3 Å². The summed E-state index contributed by atoms with van der Waals surface area (Å²) in [7, 11) is 3.17. The maximum atomic E-state index is 13.0. The summed E-state index contributed by atoms with van der Waals surface area (Å²) in [6.07, 6.45) is 0. The van der Waals surface area contributed by atoms with Gasteiger partial charge in [0.05, 0.1) is 20.3 Å². The zero-order chi connectivity index (χ0) is 18.8. The Morgan fingerprint density at radius 1 is 1.12 bits per heavy atom. The zero-order valence-electron chi connectivity index (χ0n) is 16.1. The van der Waals surface area contributed by atoms with Crippen molar-refractivity contribution in [3.05, 3.63) is 41.7 Å². The van der Waals surface area contributed by atoms with Crippen molar-refractivity contribution in [3.8, 4) is 11.5 Å². The minimum atomic E-state index is -0.0963. The molecule has 3 rings (SSSR count). The summed E-state index contributed by atoms with van der Waals surface area (Å²) in [5.74, 6) is 1.55. The number of amides is 2. The van der Waals surface area contributed by atoms with Crippen LogP contribution >= 0.6 is 0 Å². The van der Waals surface area contributed by atoms with Crippen molar-refractivity contribution in [2.45, 2.75) is 33.4 Å². The molecule has 1 atom stereocenters. The Morgan fingerprint density at radius 2 is 1.85 bits per heavy atom. The summed E-state index contributed by atoms with van der Waals surface area (Å²) in [5, 5.41) is 3.00. The molecule has 2 amide bonds. The number of aryl methyl sites for hydroxylation is 1. The number of rotatable bonds is 4. The molecule has 1 unspecified atom stereocenters. The Bertz CT molecular complexity index is 798. The van der Waals surface area contributed by atoms with Gasteiger partial charge in [-0.05, 0) is 37.1 Å². The number of aromatic nitrogens is 1. The summed E-state index contributed by atoms with van der Waals surface area (Å²) in [4.78, 5) is 14.9. The number of nitrogens with zero attached hydrogens (tertiary/aromatic N) is 2. The summed E-state index contributed by atoms with van der Waals surface area (Å²) >= 11 is 0. The minimum absolute atomic E-state index is 0.0533. The van der Waals surface area contributed by atoms with E-state index in [-0.39, 0.29) is 12.1 Å². The van der Waals surface area contributed by atoms with Crippen molar-refractivity contribution < 1.29 is 14.3 Å². The Hall–Kier alpha value is -2.63. The van der Waals surface area contributed by atoms with Crippen molar-refractivity contribution in [1.82, 2.24) is 9.47 Å². The van der Waals surface area contributed by atoms with E-state index in [1.165, 1.54) is 11.4 Å². The maximum Gasteiger partial charge on any atom is 0.322 e. The SMILES string of the molecule is COc1ccc(NC(=O)N2CCn3c(C)ccc3C2C(C)C)cc1OC. The second-order valence-corrected chi connectivity index (χ2v) is 6.93. The first-order chi connectivity index (χ1) is 12.5. The molecule has 26 heavy (non-hydrogen) atoms. The number of benzene rings is 1. The van der Waals surface area contributed by atoms with Gasteiger partial charge >= 0.3 is 6.03 Å². The fraction of sp³-hybridized carbons (Fsp3) is 0.450. The summed E-state index contributed by atoms with van der Waals surface area (Å²) in [6.45, 7) is 7.92. The van der Waals surface area contributed by atoms with Gasteiger partial charge in [0.2, 0.25) is 0 Å². The first-order valence-corrected chi connectivity index (χ1v) is 8.92. The highest BCUT2D eigenvalue weighted by molar-refractivity contribution is 5.90. The van der Waals surface area contributed by atoms with Crippen LogP contribution in [0.25, 0.3) is 0 Å². The first kappa shape index (κ1) is 18.2. The topological polar surface area (TPSA) is 55.7 Å². The molecule has 1 aromatic carbocycles. The molecule has 0 bridgehead atoms. The summed E-state index contributed by atoms with van der Waals surface area (Å²) < 4.78 is 12.9. The zero-order valence-corrected chi connectivity index (χ0v) is 16.1. The van der Waals surface area contributed by atoms with Crippen molar-refractivity contribution >= 4 is 11.7 Å². The van der Waals surface area contributed by atoms with Gasteiger partial charge in [0, 0.05) is 36.2 Å². The molecule has 140 valence electrons. The standard InChI is InChI=1S/C20H27N3O3/c1-13(2)19-16-8-6-14(3)22(16)10-11-23(19)20(24)21-15-7-9-17(25-4)18(12-15)26-5/h6-9,12-13,19H,10-11H2,1-5H3,(H,21,24). The fourth-order valence-electron chi connectivity index (χ4n) is 3.70. The smallest absolute Gasteiger partial charge is 0.322 e. The Balaban J connectivity index is 1.83. The molecule has 0 aliphatic carbocycles. The second kappa shape index (κ2) is 7.32. The molecule has 0 saturated heterocycles. The predicted molar refractivity (Wildman–Crippen MR) is 102 cm³/mol. The van der Waals surface area contributed by atoms with E-state index < -0.39 is 0 Å². The maximum absolute atomic E-state index is 13.0. The third kappa shape index (κ3) is 3.23. The average molecular weight is 357 g/mol. The number of ether oxygens (including phenoxy) is 2. The highest BCUT2D eigenvalue weighted by atomic mass is 16.5. The number of anilines is 1. The molecule has 0 radical (unpaired) electrons. The summed E-state index contributed by atoms with van der Waals surface area (Å²) in [6, 6.07) is 9.60. The van der Waals surface area contributed by atoms with E-state index in [0.29, 0.717) is 29.6 Å². The predicted octanol–water partition coefficient (Wildman–Crippen LogP) is 4.06. The number of carbonyl (C=O) groups excluding carboxylic acids is 1. The molecular formula is C20H27N3O3. The molecule has 6 nitrogen and oxygen atoms in total. The molecule has 1 aliphatic heterocycles. The number of nitrogens with one attached hydrogen (secondary N) is 1. The number of urea groups is 1. The highest BCUT2D eigenvalue weighted by Gasteiger charge is 2.33. The third-order valence-electron chi connectivity index (χ3n) is 4.96. The van der Waals surface area contributed by atoms with Crippen LogP contribution in [0.2, 0.25) is 0 Å². The monoisotopic (exact) mass is 357 g/mol. The number of fused-ring (bicyclic) bond motifs is 1. The van der Waals surface area contributed by atoms with Gasteiger partial charge in [0.1, 0.15) is 0 Å². The number of hydrogen-bond donors (Lipinski definition) is 1. The van der Waals surface area contributed by atoms with E-state index in [2.05, 4.69) is 42.8 Å². The summed E-state index contributed by atoms with van der Waals surface area (Å²) in [5.41, 5.74) is 3.13. The van der Waals surface area contributed by atoms with E-state index in [1.54, 1.807) is 26.4 Å². The van der Waals surface area contributed by atoms with Crippen molar-refractivity contribution in [2.75, 3.05) is 26.1 Å². The highest BCUT2D eigenvalue weighted by Crippen LogP contribution is 2.35. The van der Waals surface area contributed by atoms with Crippen molar-refractivity contribution in [2.24, 2.45) is 5.92 Å². The van der Waals surface area contributed by atoms with E-state index >= 15 is 0 Å². The molecule has 1 aromatic heterocycles. The molecule has 0 saturated carbocycles. The van der Waals surface area contributed by atoms with Crippen LogP contribution < -0.4 is 14.8 Å².